The van der Waals surface area contributed by atoms with Crippen molar-refractivity contribution in [2.45, 2.75) is 43.2 Å². The highest BCUT2D eigenvalue weighted by atomic mass is 32.2. The number of benzene rings is 1. The lowest BCUT2D eigenvalue weighted by atomic mass is 10.1. The number of thioether (sulfide) groups is 1. The molecule has 0 saturated heterocycles. The molecular weight excluding hydrogens is 356 g/mol. The van der Waals surface area contributed by atoms with E-state index in [-0.39, 0.29) is 23.5 Å². The van der Waals surface area contributed by atoms with Gasteiger partial charge in [-0.15, -0.1) is 11.3 Å². The number of esters is 1. The van der Waals surface area contributed by atoms with Gasteiger partial charge in [-0.05, 0) is 38.0 Å². The molecule has 0 unspecified atom stereocenters. The van der Waals surface area contributed by atoms with Crippen LogP contribution in [0.3, 0.4) is 0 Å². The molecule has 5 nitrogen and oxygen atoms in total. The molecule has 25 heavy (non-hydrogen) atoms. The first-order valence-corrected chi connectivity index (χ1v) is 9.94. The van der Waals surface area contributed by atoms with Crippen molar-refractivity contribution in [2.24, 2.45) is 0 Å². The number of aryl methyl sites for hydroxylation is 1. The summed E-state index contributed by atoms with van der Waals surface area (Å²) in [7, 11) is 0. The molecule has 1 N–H and O–H groups in total. The van der Waals surface area contributed by atoms with Crippen LogP contribution in [0.5, 0.6) is 0 Å². The fourth-order valence-electron chi connectivity index (χ4n) is 2.06. The SMILES string of the molecule is CCOC(=O)Cc1csc(S[C@H](C)C(=O)Nc2ccc(CC)cc2)n1. The Morgan fingerprint density at radius 3 is 2.64 bits per heavy atom. The van der Waals surface area contributed by atoms with Crippen molar-refractivity contribution in [3.05, 3.63) is 40.9 Å². The zero-order chi connectivity index (χ0) is 18.2. The predicted molar refractivity (Wildman–Crippen MR) is 102 cm³/mol. The summed E-state index contributed by atoms with van der Waals surface area (Å²) in [5, 5.41) is 4.45. The van der Waals surface area contributed by atoms with Gasteiger partial charge in [0.2, 0.25) is 5.91 Å². The average molecular weight is 379 g/mol. The lowest BCUT2D eigenvalue weighted by molar-refractivity contribution is -0.142. The Morgan fingerprint density at radius 2 is 2.00 bits per heavy atom. The summed E-state index contributed by atoms with van der Waals surface area (Å²) in [5.74, 6) is -0.359. The molecule has 0 aliphatic rings. The Bertz CT molecular complexity index is 713. The molecule has 2 aromatic rings. The van der Waals surface area contributed by atoms with E-state index in [1.165, 1.54) is 28.7 Å². The second-order valence-electron chi connectivity index (χ2n) is 5.39. The number of nitrogens with one attached hydrogen (secondary N) is 1. The number of anilines is 1. The molecule has 0 spiro atoms. The summed E-state index contributed by atoms with van der Waals surface area (Å²) < 4.78 is 5.68. The minimum Gasteiger partial charge on any atom is -0.466 e. The first-order chi connectivity index (χ1) is 12.0. The van der Waals surface area contributed by atoms with Crippen molar-refractivity contribution in [2.75, 3.05) is 11.9 Å². The molecule has 1 aromatic heterocycles. The zero-order valence-electron chi connectivity index (χ0n) is 14.6. The lowest BCUT2D eigenvalue weighted by Gasteiger charge is -2.10. The van der Waals surface area contributed by atoms with Gasteiger partial charge in [0, 0.05) is 11.1 Å². The van der Waals surface area contributed by atoms with Crippen molar-refractivity contribution in [3.8, 4) is 0 Å². The molecule has 0 fully saturated rings. The van der Waals surface area contributed by atoms with Crippen LogP contribution < -0.4 is 5.32 Å². The van der Waals surface area contributed by atoms with Crippen LogP contribution in [0.4, 0.5) is 5.69 Å². The van der Waals surface area contributed by atoms with Crippen LogP contribution in [-0.2, 0) is 27.2 Å². The number of hydrogen-bond donors (Lipinski definition) is 1. The Kier molecular flexibility index (Phi) is 7.46. The van der Waals surface area contributed by atoms with E-state index in [0.717, 1.165) is 16.4 Å². The minimum absolute atomic E-state index is 0.0728. The maximum absolute atomic E-state index is 12.3. The van der Waals surface area contributed by atoms with E-state index in [9.17, 15) is 9.59 Å². The fourth-order valence-corrected chi connectivity index (χ4v) is 4.04. The Labute approximate surface area is 156 Å². The fraction of sp³-hybridized carbons (Fsp3) is 0.389. The van der Waals surface area contributed by atoms with Gasteiger partial charge in [0.15, 0.2) is 4.34 Å². The number of carbonyl (C=O) groups excluding carboxylic acids is 2. The number of thiazole rings is 1. The standard InChI is InChI=1S/C18H22N2O3S2/c1-4-13-6-8-14(9-7-13)19-17(22)12(3)25-18-20-15(11-24-18)10-16(21)23-5-2/h6-9,11-12H,4-5,10H2,1-3H3,(H,19,22)/t12-/m1/s1. The van der Waals surface area contributed by atoms with E-state index in [4.69, 9.17) is 4.74 Å². The number of aromatic nitrogens is 1. The summed E-state index contributed by atoms with van der Waals surface area (Å²) in [6.07, 6.45) is 1.13. The monoisotopic (exact) mass is 378 g/mol. The van der Waals surface area contributed by atoms with Crippen LogP contribution >= 0.6 is 23.1 Å². The number of amides is 1. The van der Waals surface area contributed by atoms with Gasteiger partial charge in [0.1, 0.15) is 0 Å². The number of carbonyl (C=O) groups is 2. The van der Waals surface area contributed by atoms with Crippen molar-refractivity contribution in [1.82, 2.24) is 4.98 Å². The van der Waals surface area contributed by atoms with Crippen LogP contribution in [0.2, 0.25) is 0 Å². The maximum Gasteiger partial charge on any atom is 0.311 e. The van der Waals surface area contributed by atoms with Gasteiger partial charge in [0.25, 0.3) is 0 Å². The van der Waals surface area contributed by atoms with E-state index < -0.39 is 0 Å². The predicted octanol–water partition coefficient (Wildman–Crippen LogP) is 3.93. The molecule has 1 heterocycles. The van der Waals surface area contributed by atoms with E-state index >= 15 is 0 Å². The summed E-state index contributed by atoms with van der Waals surface area (Å²) in [5.41, 5.74) is 2.70. The Hall–Kier alpha value is -1.86. The van der Waals surface area contributed by atoms with Gasteiger partial charge in [-0.3, -0.25) is 9.59 Å². The van der Waals surface area contributed by atoms with Crippen LogP contribution in [0.25, 0.3) is 0 Å². The van der Waals surface area contributed by atoms with Gasteiger partial charge in [-0.25, -0.2) is 4.98 Å². The third kappa shape index (κ3) is 6.17. The quantitative estimate of drug-likeness (QED) is 0.557. The topological polar surface area (TPSA) is 68.3 Å². The molecule has 7 heteroatoms. The normalized spacial score (nSPS) is 11.8. The average Bonchev–Trinajstić information content (AvgIpc) is 3.02. The second kappa shape index (κ2) is 9.58. The molecule has 1 amide bonds. The molecule has 0 radical (unpaired) electrons. The van der Waals surface area contributed by atoms with E-state index in [0.29, 0.717) is 12.3 Å². The van der Waals surface area contributed by atoms with E-state index in [1.807, 2.05) is 36.6 Å². The highest BCUT2D eigenvalue weighted by Gasteiger charge is 2.17. The van der Waals surface area contributed by atoms with Gasteiger partial charge in [0.05, 0.1) is 24.0 Å². The highest BCUT2D eigenvalue weighted by Crippen LogP contribution is 2.27. The van der Waals surface area contributed by atoms with E-state index in [2.05, 4.69) is 17.2 Å². The van der Waals surface area contributed by atoms with Crippen molar-refractivity contribution >= 4 is 40.7 Å². The van der Waals surface area contributed by atoms with E-state index in [1.54, 1.807) is 6.92 Å². The molecule has 0 aliphatic heterocycles. The molecule has 0 bridgehead atoms. The molecule has 1 atom stereocenters. The smallest absolute Gasteiger partial charge is 0.311 e. The summed E-state index contributed by atoms with van der Waals surface area (Å²) in [6, 6.07) is 7.84. The zero-order valence-corrected chi connectivity index (χ0v) is 16.2. The van der Waals surface area contributed by atoms with Gasteiger partial charge in [-0.2, -0.15) is 0 Å². The maximum atomic E-state index is 12.3. The first-order valence-electron chi connectivity index (χ1n) is 8.18. The largest absolute Gasteiger partial charge is 0.466 e. The summed E-state index contributed by atoms with van der Waals surface area (Å²) >= 11 is 2.81. The van der Waals surface area contributed by atoms with Crippen molar-refractivity contribution in [3.63, 3.8) is 0 Å². The Balaban J connectivity index is 1.87. The molecule has 0 aliphatic carbocycles. The molecule has 134 valence electrons. The number of rotatable bonds is 8. The third-order valence-corrected chi connectivity index (χ3v) is 5.56. The molecular formula is C18H22N2O3S2. The van der Waals surface area contributed by atoms with Gasteiger partial charge < -0.3 is 10.1 Å². The molecule has 2 rings (SSSR count). The highest BCUT2D eigenvalue weighted by molar-refractivity contribution is 8.02. The van der Waals surface area contributed by atoms with Crippen molar-refractivity contribution < 1.29 is 14.3 Å². The lowest BCUT2D eigenvalue weighted by Crippen LogP contribution is -2.22. The summed E-state index contributed by atoms with van der Waals surface area (Å²) in [4.78, 5) is 28.2. The third-order valence-electron chi connectivity index (χ3n) is 3.44. The van der Waals surface area contributed by atoms with Crippen molar-refractivity contribution in [1.29, 1.82) is 0 Å². The summed E-state index contributed by atoms with van der Waals surface area (Å²) in [6.45, 7) is 6.07. The van der Waals surface area contributed by atoms with Crippen LogP contribution in [-0.4, -0.2) is 28.7 Å². The first kappa shape index (κ1) is 19.5. The van der Waals surface area contributed by atoms with Gasteiger partial charge in [-0.1, -0.05) is 30.8 Å². The Morgan fingerprint density at radius 1 is 1.28 bits per heavy atom. The second-order valence-corrected chi connectivity index (χ2v) is 7.83. The van der Waals surface area contributed by atoms with Crippen LogP contribution in [0.1, 0.15) is 32.0 Å². The number of nitrogens with zero attached hydrogens (tertiary/aromatic N) is 1. The van der Waals surface area contributed by atoms with Crippen LogP contribution in [0.15, 0.2) is 34.0 Å². The number of ether oxygens (including phenoxy) is 1. The number of hydrogen-bond acceptors (Lipinski definition) is 6. The molecule has 0 saturated carbocycles. The van der Waals surface area contributed by atoms with Gasteiger partial charge >= 0.3 is 5.97 Å². The minimum atomic E-state index is -0.286. The van der Waals surface area contributed by atoms with Crippen LogP contribution in [0, 0.1) is 0 Å². The molecule has 1 aromatic carbocycles.